The summed E-state index contributed by atoms with van der Waals surface area (Å²) in [6, 6.07) is 2.74. The number of anilines is 1. The van der Waals surface area contributed by atoms with Crippen LogP contribution in [0.1, 0.15) is 19.4 Å². The Morgan fingerprint density at radius 1 is 1.85 bits per heavy atom. The molecule has 68 valence electrons. The highest BCUT2D eigenvalue weighted by molar-refractivity contribution is 5.31. The minimum Gasteiger partial charge on any atom is -0.397 e. The summed E-state index contributed by atoms with van der Waals surface area (Å²) in [6.07, 6.45) is 1.91. The molecule has 1 unspecified atom stereocenters. The molecule has 1 heterocycles. The molecule has 0 bridgehead atoms. The van der Waals surface area contributed by atoms with Gasteiger partial charge in [0.25, 0.3) is 5.56 Å². The highest BCUT2D eigenvalue weighted by Gasteiger charge is 2.09. The number of aromatic nitrogens is 2. The van der Waals surface area contributed by atoms with Crippen LogP contribution in [0.2, 0.25) is 0 Å². The van der Waals surface area contributed by atoms with Gasteiger partial charge in [-0.2, -0.15) is 10.4 Å². The predicted octanol–water partition coefficient (Wildman–Crippen LogP) is 0.300. The lowest BCUT2D eigenvalue weighted by Gasteiger charge is -2.07. The Hall–Kier alpha value is -1.83. The third-order valence-corrected chi connectivity index (χ3v) is 1.68. The minimum atomic E-state index is -0.506. The standard InChI is InChI=1S/C8H10N4O/c1-2-7(4-9)12-8(13)3-6(10)5-11-12/h3,5,7H,2,10H2,1H3. The van der Waals surface area contributed by atoms with E-state index in [-0.39, 0.29) is 5.56 Å². The topological polar surface area (TPSA) is 84.7 Å². The fourth-order valence-corrected chi connectivity index (χ4v) is 0.985. The lowest BCUT2D eigenvalue weighted by atomic mass is 10.2. The molecule has 0 fully saturated rings. The molecule has 0 aliphatic carbocycles. The van der Waals surface area contributed by atoms with Crippen LogP contribution < -0.4 is 11.3 Å². The molecule has 5 nitrogen and oxygen atoms in total. The second-order valence-corrected chi connectivity index (χ2v) is 2.62. The molecule has 1 rings (SSSR count). The third-order valence-electron chi connectivity index (χ3n) is 1.68. The quantitative estimate of drug-likeness (QED) is 0.705. The van der Waals surface area contributed by atoms with Crippen LogP contribution in [-0.2, 0) is 0 Å². The first-order valence-electron chi connectivity index (χ1n) is 3.93. The molecule has 0 spiro atoms. The molecule has 1 atom stereocenters. The number of nitrogen functional groups attached to an aromatic ring is 1. The molecule has 0 aliphatic rings. The predicted molar refractivity (Wildman–Crippen MR) is 47.9 cm³/mol. The Kier molecular flexibility index (Phi) is 2.65. The van der Waals surface area contributed by atoms with Crippen molar-refractivity contribution in [2.75, 3.05) is 5.73 Å². The number of nitriles is 1. The van der Waals surface area contributed by atoms with Gasteiger partial charge < -0.3 is 5.73 Å². The van der Waals surface area contributed by atoms with Crippen molar-refractivity contribution in [1.29, 1.82) is 5.26 Å². The minimum absolute atomic E-state index is 0.314. The van der Waals surface area contributed by atoms with Crippen LogP contribution in [0.3, 0.4) is 0 Å². The van der Waals surface area contributed by atoms with Gasteiger partial charge in [0.15, 0.2) is 0 Å². The summed E-state index contributed by atoms with van der Waals surface area (Å²) < 4.78 is 1.14. The molecular formula is C8H10N4O. The summed E-state index contributed by atoms with van der Waals surface area (Å²) >= 11 is 0. The van der Waals surface area contributed by atoms with E-state index < -0.39 is 6.04 Å². The van der Waals surface area contributed by atoms with Crippen LogP contribution in [-0.4, -0.2) is 9.78 Å². The van der Waals surface area contributed by atoms with Gasteiger partial charge in [-0.3, -0.25) is 4.79 Å². The van der Waals surface area contributed by atoms with Crippen LogP contribution in [0, 0.1) is 11.3 Å². The van der Waals surface area contributed by atoms with Gasteiger partial charge in [0.2, 0.25) is 0 Å². The Balaban J connectivity index is 3.17. The van der Waals surface area contributed by atoms with Gasteiger partial charge in [-0.1, -0.05) is 6.92 Å². The van der Waals surface area contributed by atoms with Gasteiger partial charge in [0.1, 0.15) is 6.04 Å². The lowest BCUT2D eigenvalue weighted by Crippen LogP contribution is -2.25. The zero-order valence-corrected chi connectivity index (χ0v) is 7.27. The van der Waals surface area contributed by atoms with Gasteiger partial charge in [-0.15, -0.1) is 0 Å². The van der Waals surface area contributed by atoms with E-state index in [1.165, 1.54) is 12.3 Å². The van der Waals surface area contributed by atoms with Crippen molar-refractivity contribution in [3.63, 3.8) is 0 Å². The number of rotatable bonds is 2. The molecule has 5 heteroatoms. The first-order chi connectivity index (χ1) is 6.19. The average molecular weight is 178 g/mol. The second kappa shape index (κ2) is 3.72. The Labute approximate surface area is 75.4 Å². The second-order valence-electron chi connectivity index (χ2n) is 2.62. The molecule has 1 aromatic rings. The number of nitrogens with zero attached hydrogens (tertiary/aromatic N) is 3. The molecule has 0 aliphatic heterocycles. The normalized spacial score (nSPS) is 12.0. The molecule has 1 aromatic heterocycles. The molecule has 0 amide bonds. The summed E-state index contributed by atoms with van der Waals surface area (Å²) in [5.41, 5.74) is 5.33. The van der Waals surface area contributed by atoms with Crippen LogP contribution in [0.25, 0.3) is 0 Å². The van der Waals surface area contributed by atoms with E-state index in [1.54, 1.807) is 0 Å². The fourth-order valence-electron chi connectivity index (χ4n) is 0.985. The molecule has 0 saturated heterocycles. The maximum atomic E-state index is 11.3. The summed E-state index contributed by atoms with van der Waals surface area (Å²) in [7, 11) is 0. The van der Waals surface area contributed by atoms with Gasteiger partial charge >= 0.3 is 0 Å². The van der Waals surface area contributed by atoms with Crippen molar-refractivity contribution >= 4 is 5.69 Å². The zero-order valence-electron chi connectivity index (χ0n) is 7.27. The number of hydrogen-bond donors (Lipinski definition) is 1. The van der Waals surface area contributed by atoms with Crippen LogP contribution in [0.15, 0.2) is 17.1 Å². The molecule has 0 saturated carbocycles. The van der Waals surface area contributed by atoms with Gasteiger partial charge in [0, 0.05) is 6.07 Å². The van der Waals surface area contributed by atoms with E-state index in [4.69, 9.17) is 11.0 Å². The first kappa shape index (κ1) is 9.26. The third kappa shape index (κ3) is 1.85. The van der Waals surface area contributed by atoms with Crippen molar-refractivity contribution in [2.45, 2.75) is 19.4 Å². The summed E-state index contributed by atoms with van der Waals surface area (Å²) in [5, 5.41) is 12.5. The summed E-state index contributed by atoms with van der Waals surface area (Å²) in [5.74, 6) is 0. The van der Waals surface area contributed by atoms with E-state index in [2.05, 4.69) is 5.10 Å². The van der Waals surface area contributed by atoms with E-state index in [0.29, 0.717) is 12.1 Å². The fraction of sp³-hybridized carbons (Fsp3) is 0.375. The maximum absolute atomic E-state index is 11.3. The van der Waals surface area contributed by atoms with Crippen molar-refractivity contribution in [1.82, 2.24) is 9.78 Å². The highest BCUT2D eigenvalue weighted by atomic mass is 16.1. The molecule has 0 radical (unpaired) electrons. The SMILES string of the molecule is CCC(C#N)n1ncc(N)cc1=O. The van der Waals surface area contributed by atoms with E-state index in [1.807, 2.05) is 13.0 Å². The highest BCUT2D eigenvalue weighted by Crippen LogP contribution is 2.04. The Morgan fingerprint density at radius 2 is 2.54 bits per heavy atom. The Bertz CT molecular complexity index is 390. The van der Waals surface area contributed by atoms with E-state index >= 15 is 0 Å². The number of hydrogen-bond acceptors (Lipinski definition) is 4. The van der Waals surface area contributed by atoms with Crippen molar-refractivity contribution < 1.29 is 0 Å². The van der Waals surface area contributed by atoms with Crippen LogP contribution >= 0.6 is 0 Å². The van der Waals surface area contributed by atoms with Crippen molar-refractivity contribution in [3.05, 3.63) is 22.6 Å². The lowest BCUT2D eigenvalue weighted by molar-refractivity contribution is 0.507. The molecular weight excluding hydrogens is 168 g/mol. The molecule has 13 heavy (non-hydrogen) atoms. The maximum Gasteiger partial charge on any atom is 0.270 e. The number of nitrogens with two attached hydrogens (primary N) is 1. The average Bonchev–Trinajstić information content (AvgIpc) is 2.10. The Morgan fingerprint density at radius 3 is 3.00 bits per heavy atom. The van der Waals surface area contributed by atoms with Crippen molar-refractivity contribution in [2.24, 2.45) is 0 Å². The van der Waals surface area contributed by atoms with Gasteiger partial charge in [0.05, 0.1) is 18.0 Å². The first-order valence-corrected chi connectivity index (χ1v) is 3.93. The largest absolute Gasteiger partial charge is 0.397 e. The summed E-state index contributed by atoms with van der Waals surface area (Å²) in [4.78, 5) is 11.3. The summed E-state index contributed by atoms with van der Waals surface area (Å²) in [6.45, 7) is 1.82. The van der Waals surface area contributed by atoms with E-state index in [9.17, 15) is 4.79 Å². The van der Waals surface area contributed by atoms with E-state index in [0.717, 1.165) is 4.68 Å². The van der Waals surface area contributed by atoms with Crippen LogP contribution in [0.4, 0.5) is 5.69 Å². The zero-order chi connectivity index (χ0) is 9.84. The smallest absolute Gasteiger partial charge is 0.270 e. The van der Waals surface area contributed by atoms with Gasteiger partial charge in [-0.05, 0) is 6.42 Å². The van der Waals surface area contributed by atoms with Crippen molar-refractivity contribution in [3.8, 4) is 6.07 Å². The monoisotopic (exact) mass is 178 g/mol. The van der Waals surface area contributed by atoms with Crippen LogP contribution in [0.5, 0.6) is 0 Å². The molecule has 0 aromatic carbocycles. The molecule has 2 N–H and O–H groups in total. The van der Waals surface area contributed by atoms with Gasteiger partial charge in [-0.25, -0.2) is 4.68 Å².